The number of anilines is 2. The number of thiazole rings is 1. The Bertz CT molecular complexity index is 1290. The van der Waals surface area contributed by atoms with E-state index in [2.05, 4.69) is 15.2 Å². The average Bonchev–Trinajstić information content (AvgIpc) is 3.36. The Morgan fingerprint density at radius 2 is 1.97 bits per heavy atom. The van der Waals surface area contributed by atoms with Gasteiger partial charge < -0.3 is 5.84 Å². The molecule has 0 aliphatic heterocycles. The van der Waals surface area contributed by atoms with Gasteiger partial charge in [0.1, 0.15) is 5.82 Å². The van der Waals surface area contributed by atoms with Gasteiger partial charge in [0.2, 0.25) is 11.1 Å². The molecule has 4 rings (SSSR count). The summed E-state index contributed by atoms with van der Waals surface area (Å²) < 4.78 is 15.3. The summed E-state index contributed by atoms with van der Waals surface area (Å²) in [6, 6.07) is 12.2. The van der Waals surface area contributed by atoms with Crippen LogP contribution in [-0.4, -0.2) is 25.8 Å². The minimum atomic E-state index is -0.414. The van der Waals surface area contributed by atoms with Crippen LogP contribution in [0.1, 0.15) is 23.7 Å². The quantitative estimate of drug-likeness (QED) is 0.321. The second-order valence-electron chi connectivity index (χ2n) is 7.19. The molecule has 2 aromatic carbocycles. The Labute approximate surface area is 193 Å². The molecule has 0 saturated carbocycles. The number of carbonyl (C=O) groups is 1. The van der Waals surface area contributed by atoms with E-state index in [9.17, 15) is 9.18 Å². The van der Waals surface area contributed by atoms with Gasteiger partial charge >= 0.3 is 0 Å². The molecule has 0 bridgehead atoms. The molecular weight excluding hydrogens is 447 g/mol. The van der Waals surface area contributed by atoms with Gasteiger partial charge in [0, 0.05) is 18.1 Å². The van der Waals surface area contributed by atoms with Gasteiger partial charge in [-0.3, -0.25) is 9.69 Å². The van der Waals surface area contributed by atoms with Crippen molar-refractivity contribution >= 4 is 39.8 Å². The molecule has 0 atom stereocenters. The van der Waals surface area contributed by atoms with Crippen molar-refractivity contribution in [3.63, 3.8) is 0 Å². The van der Waals surface area contributed by atoms with Gasteiger partial charge in [0.15, 0.2) is 11.0 Å². The number of aromatic nitrogens is 4. The number of nitrogens with zero attached hydrogens (tertiary/aromatic N) is 5. The lowest BCUT2D eigenvalue weighted by Gasteiger charge is -2.19. The second-order valence-corrected chi connectivity index (χ2v) is 8.97. The van der Waals surface area contributed by atoms with Gasteiger partial charge in [-0.05, 0) is 49.2 Å². The molecule has 164 valence electrons. The summed E-state index contributed by atoms with van der Waals surface area (Å²) in [5.74, 6) is 6.30. The molecule has 4 aromatic rings. The first-order chi connectivity index (χ1) is 15.3. The summed E-state index contributed by atoms with van der Waals surface area (Å²) in [5, 5.41) is 11.0. The maximum Gasteiger partial charge on any atom is 0.230 e. The SMILES string of the molecule is CC(=O)N(c1ccc(C)c(C)c1)c1nc(CSc2nnc(-c3ccccc3F)n2N)cs1. The molecule has 10 heteroatoms. The Morgan fingerprint density at radius 1 is 1.19 bits per heavy atom. The monoisotopic (exact) mass is 468 g/mol. The van der Waals surface area contributed by atoms with Crippen LogP contribution in [0, 0.1) is 19.7 Å². The van der Waals surface area contributed by atoms with Crippen molar-refractivity contribution in [1.82, 2.24) is 19.9 Å². The van der Waals surface area contributed by atoms with Crippen molar-refractivity contribution < 1.29 is 9.18 Å². The van der Waals surface area contributed by atoms with Crippen LogP contribution in [0.5, 0.6) is 0 Å². The summed E-state index contributed by atoms with van der Waals surface area (Å²) in [5.41, 5.74) is 4.12. The molecule has 0 radical (unpaired) electrons. The molecular formula is C22H21FN6OS2. The number of hydrogen-bond donors (Lipinski definition) is 1. The fourth-order valence-electron chi connectivity index (χ4n) is 3.10. The van der Waals surface area contributed by atoms with Gasteiger partial charge in [-0.15, -0.1) is 21.5 Å². The smallest absolute Gasteiger partial charge is 0.230 e. The van der Waals surface area contributed by atoms with E-state index in [4.69, 9.17) is 5.84 Å². The predicted octanol–water partition coefficient (Wildman–Crippen LogP) is 4.85. The summed E-state index contributed by atoms with van der Waals surface area (Å²) in [6.45, 7) is 5.56. The predicted molar refractivity (Wildman–Crippen MR) is 126 cm³/mol. The molecule has 2 aromatic heterocycles. The average molecular weight is 469 g/mol. The van der Waals surface area contributed by atoms with Gasteiger partial charge in [-0.2, -0.15) is 0 Å². The van der Waals surface area contributed by atoms with E-state index in [1.807, 2.05) is 37.4 Å². The van der Waals surface area contributed by atoms with Crippen LogP contribution in [0.4, 0.5) is 15.2 Å². The molecule has 2 heterocycles. The lowest BCUT2D eigenvalue weighted by Crippen LogP contribution is -2.22. The van der Waals surface area contributed by atoms with Crippen LogP contribution >= 0.6 is 23.1 Å². The standard InChI is InChI=1S/C22H21FN6OS2/c1-13-8-9-17(10-14(13)2)28(15(3)30)21-25-16(11-31-21)12-32-22-27-26-20(29(22)24)18-6-4-5-7-19(18)23/h4-11H,12,24H2,1-3H3. The zero-order valence-corrected chi connectivity index (χ0v) is 19.4. The third kappa shape index (κ3) is 4.37. The number of aryl methyl sites for hydroxylation is 2. The molecule has 0 spiro atoms. The van der Waals surface area contributed by atoms with Crippen molar-refractivity contribution in [3.8, 4) is 11.4 Å². The highest BCUT2D eigenvalue weighted by molar-refractivity contribution is 7.98. The zero-order valence-electron chi connectivity index (χ0n) is 17.7. The highest BCUT2D eigenvalue weighted by atomic mass is 32.2. The molecule has 1 amide bonds. The summed E-state index contributed by atoms with van der Waals surface area (Å²) in [7, 11) is 0. The normalized spacial score (nSPS) is 11.0. The number of halogens is 1. The van der Waals surface area contributed by atoms with E-state index < -0.39 is 5.82 Å². The topological polar surface area (TPSA) is 89.9 Å². The first kappa shape index (κ1) is 22.0. The number of nitrogens with two attached hydrogens (primary N) is 1. The first-order valence-corrected chi connectivity index (χ1v) is 11.6. The molecule has 0 aliphatic rings. The van der Waals surface area contributed by atoms with Crippen molar-refractivity contribution in [2.45, 2.75) is 31.7 Å². The Morgan fingerprint density at radius 3 is 2.69 bits per heavy atom. The van der Waals surface area contributed by atoms with Crippen molar-refractivity contribution in [1.29, 1.82) is 0 Å². The third-order valence-electron chi connectivity index (χ3n) is 4.92. The molecule has 7 nitrogen and oxygen atoms in total. The van der Waals surface area contributed by atoms with Crippen LogP contribution in [0.2, 0.25) is 0 Å². The van der Waals surface area contributed by atoms with E-state index in [0.717, 1.165) is 22.5 Å². The summed E-state index contributed by atoms with van der Waals surface area (Å²) in [4.78, 5) is 18.6. The fraction of sp³-hybridized carbons (Fsp3) is 0.182. The molecule has 32 heavy (non-hydrogen) atoms. The Balaban J connectivity index is 1.52. The van der Waals surface area contributed by atoms with Crippen LogP contribution in [0.3, 0.4) is 0 Å². The van der Waals surface area contributed by atoms with Crippen LogP contribution in [-0.2, 0) is 10.5 Å². The van der Waals surface area contributed by atoms with Gasteiger partial charge in [0.25, 0.3) is 0 Å². The minimum Gasteiger partial charge on any atom is -0.335 e. The molecule has 0 saturated heterocycles. The first-order valence-electron chi connectivity index (χ1n) is 9.75. The van der Waals surface area contributed by atoms with Crippen molar-refractivity contribution in [2.75, 3.05) is 10.7 Å². The molecule has 0 aliphatic carbocycles. The van der Waals surface area contributed by atoms with E-state index in [1.54, 1.807) is 23.1 Å². The summed E-state index contributed by atoms with van der Waals surface area (Å²) >= 11 is 2.73. The molecule has 0 fully saturated rings. The van der Waals surface area contributed by atoms with E-state index in [-0.39, 0.29) is 17.3 Å². The fourth-order valence-corrected chi connectivity index (χ4v) is 4.84. The largest absolute Gasteiger partial charge is 0.335 e. The van der Waals surface area contributed by atoms with Crippen LogP contribution in [0.25, 0.3) is 11.4 Å². The van der Waals surface area contributed by atoms with Gasteiger partial charge in [-0.25, -0.2) is 14.1 Å². The van der Waals surface area contributed by atoms with E-state index in [0.29, 0.717) is 16.0 Å². The number of thioether (sulfide) groups is 1. The highest BCUT2D eigenvalue weighted by Gasteiger charge is 2.20. The zero-order chi connectivity index (χ0) is 22.8. The lowest BCUT2D eigenvalue weighted by atomic mass is 10.1. The number of rotatable bonds is 6. The van der Waals surface area contributed by atoms with Crippen molar-refractivity contribution in [3.05, 3.63) is 70.5 Å². The maximum atomic E-state index is 14.1. The number of hydrogen-bond acceptors (Lipinski definition) is 7. The minimum absolute atomic E-state index is 0.113. The van der Waals surface area contributed by atoms with E-state index in [1.165, 1.54) is 40.8 Å². The Kier molecular flexibility index (Phi) is 6.24. The van der Waals surface area contributed by atoms with Crippen molar-refractivity contribution in [2.24, 2.45) is 0 Å². The van der Waals surface area contributed by atoms with Crippen LogP contribution in [0.15, 0.2) is 53.0 Å². The lowest BCUT2D eigenvalue weighted by molar-refractivity contribution is -0.115. The van der Waals surface area contributed by atoms with Crippen LogP contribution < -0.4 is 10.7 Å². The second kappa shape index (κ2) is 9.09. The summed E-state index contributed by atoms with van der Waals surface area (Å²) in [6.07, 6.45) is 0. The number of benzene rings is 2. The number of carbonyl (C=O) groups excluding carboxylic acids is 1. The molecule has 2 N–H and O–H groups in total. The maximum absolute atomic E-state index is 14.1. The number of amides is 1. The van der Waals surface area contributed by atoms with Gasteiger partial charge in [0.05, 0.1) is 16.9 Å². The van der Waals surface area contributed by atoms with E-state index >= 15 is 0 Å². The molecule has 0 unspecified atom stereocenters. The third-order valence-corrected chi connectivity index (χ3v) is 6.77. The number of nitrogen functional groups attached to an aromatic ring is 1. The highest BCUT2D eigenvalue weighted by Crippen LogP contribution is 2.32. The Hall–Kier alpha value is -3.24. The van der Waals surface area contributed by atoms with Gasteiger partial charge in [-0.1, -0.05) is 30.0 Å².